The summed E-state index contributed by atoms with van der Waals surface area (Å²) in [6.45, 7) is 0.282. The summed E-state index contributed by atoms with van der Waals surface area (Å²) in [4.78, 5) is 27.2. The van der Waals surface area contributed by atoms with Gasteiger partial charge in [-0.3, -0.25) is 9.59 Å². The van der Waals surface area contributed by atoms with E-state index in [2.05, 4.69) is 10.3 Å². The Morgan fingerprint density at radius 2 is 2.15 bits per heavy atom. The molecule has 0 saturated heterocycles. The van der Waals surface area contributed by atoms with Crippen LogP contribution >= 0.6 is 22.9 Å². The van der Waals surface area contributed by atoms with Crippen molar-refractivity contribution < 1.29 is 9.59 Å². The van der Waals surface area contributed by atoms with Gasteiger partial charge in [0, 0.05) is 17.6 Å². The maximum absolute atomic E-state index is 12.0. The quantitative estimate of drug-likeness (QED) is 0.796. The summed E-state index contributed by atoms with van der Waals surface area (Å²) in [5.74, 6) is -1.05. The first-order chi connectivity index (χ1) is 9.51. The average Bonchev–Trinajstić information content (AvgIpc) is 2.89. The van der Waals surface area contributed by atoms with E-state index in [1.807, 2.05) is 0 Å². The van der Waals surface area contributed by atoms with Crippen molar-refractivity contribution >= 4 is 40.4 Å². The zero-order valence-corrected chi connectivity index (χ0v) is 11.8. The van der Waals surface area contributed by atoms with Gasteiger partial charge in [0.15, 0.2) is 0 Å². The Kier molecular flexibility index (Phi) is 4.33. The van der Waals surface area contributed by atoms with Crippen LogP contribution in [0.1, 0.15) is 25.9 Å². The molecular formula is C12H11ClN4O2S. The Hall–Kier alpha value is -1.96. The van der Waals surface area contributed by atoms with E-state index in [-0.39, 0.29) is 22.8 Å². The van der Waals surface area contributed by atoms with E-state index in [0.29, 0.717) is 10.7 Å². The molecule has 0 unspecified atom stereocenters. The lowest BCUT2D eigenvalue weighted by molar-refractivity contribution is 0.0995. The molecule has 5 N–H and O–H groups in total. The van der Waals surface area contributed by atoms with Crippen LogP contribution in [0.4, 0.5) is 5.69 Å². The van der Waals surface area contributed by atoms with Crippen molar-refractivity contribution in [2.24, 2.45) is 11.5 Å². The Labute approximate surface area is 123 Å². The number of halogens is 1. The Morgan fingerprint density at radius 3 is 2.75 bits per heavy atom. The number of rotatable bonds is 4. The predicted molar refractivity (Wildman–Crippen MR) is 77.9 cm³/mol. The van der Waals surface area contributed by atoms with E-state index in [1.165, 1.54) is 23.5 Å². The number of hydrogen-bond donors (Lipinski definition) is 3. The molecule has 2 amide bonds. The maximum atomic E-state index is 12.0. The van der Waals surface area contributed by atoms with Crippen LogP contribution in [-0.2, 0) is 6.54 Å². The third kappa shape index (κ3) is 3.13. The summed E-state index contributed by atoms with van der Waals surface area (Å²) in [6.07, 6.45) is 0. The molecule has 0 aliphatic heterocycles. The Balaban J connectivity index is 2.19. The number of aromatic nitrogens is 1. The standard InChI is InChI=1S/C12H11ClN4O2S/c13-8-2-1-6(3-7(8)11(15)18)16-12(19)9-5-20-10(4-14)17-9/h1-3,5H,4,14H2,(H2,15,18)(H,16,19). The molecule has 2 rings (SSSR count). The van der Waals surface area contributed by atoms with Crippen LogP contribution in [0, 0.1) is 0 Å². The van der Waals surface area contributed by atoms with Crippen molar-refractivity contribution in [1.82, 2.24) is 4.98 Å². The number of hydrogen-bond acceptors (Lipinski definition) is 5. The minimum Gasteiger partial charge on any atom is -0.366 e. The van der Waals surface area contributed by atoms with Crippen molar-refractivity contribution in [3.63, 3.8) is 0 Å². The summed E-state index contributed by atoms with van der Waals surface area (Å²) in [6, 6.07) is 4.48. The Bertz CT molecular complexity index is 671. The van der Waals surface area contributed by atoms with Crippen LogP contribution in [0.15, 0.2) is 23.6 Å². The first kappa shape index (κ1) is 14.4. The highest BCUT2D eigenvalue weighted by molar-refractivity contribution is 7.09. The van der Waals surface area contributed by atoms with E-state index in [4.69, 9.17) is 23.1 Å². The lowest BCUT2D eigenvalue weighted by Gasteiger charge is -2.06. The lowest BCUT2D eigenvalue weighted by atomic mass is 10.2. The fraction of sp³-hybridized carbons (Fsp3) is 0.0833. The molecule has 1 aromatic heterocycles. The van der Waals surface area contributed by atoms with Crippen LogP contribution in [-0.4, -0.2) is 16.8 Å². The van der Waals surface area contributed by atoms with Crippen LogP contribution in [0.5, 0.6) is 0 Å². The molecule has 0 aliphatic carbocycles. The molecule has 0 bridgehead atoms. The molecule has 0 radical (unpaired) electrons. The van der Waals surface area contributed by atoms with Gasteiger partial charge in [-0.2, -0.15) is 0 Å². The number of nitrogens with zero attached hydrogens (tertiary/aromatic N) is 1. The van der Waals surface area contributed by atoms with Crippen LogP contribution in [0.25, 0.3) is 0 Å². The minimum atomic E-state index is -0.662. The van der Waals surface area contributed by atoms with Gasteiger partial charge in [-0.25, -0.2) is 4.98 Å². The lowest BCUT2D eigenvalue weighted by Crippen LogP contribution is -2.15. The van der Waals surface area contributed by atoms with Crippen molar-refractivity contribution in [1.29, 1.82) is 0 Å². The summed E-state index contributed by atoms with van der Waals surface area (Å²) in [5, 5.41) is 5.13. The molecule has 0 atom stereocenters. The highest BCUT2D eigenvalue weighted by Crippen LogP contribution is 2.21. The van der Waals surface area contributed by atoms with Gasteiger partial charge >= 0.3 is 0 Å². The highest BCUT2D eigenvalue weighted by Gasteiger charge is 2.13. The zero-order valence-electron chi connectivity index (χ0n) is 10.2. The van der Waals surface area contributed by atoms with E-state index in [1.54, 1.807) is 11.4 Å². The first-order valence-electron chi connectivity index (χ1n) is 5.56. The van der Waals surface area contributed by atoms with Crippen LogP contribution in [0.3, 0.4) is 0 Å². The second kappa shape index (κ2) is 6.00. The molecule has 2 aromatic rings. The molecule has 1 aromatic carbocycles. The summed E-state index contributed by atoms with van der Waals surface area (Å²) in [7, 11) is 0. The minimum absolute atomic E-state index is 0.144. The van der Waals surface area contributed by atoms with Gasteiger partial charge in [-0.15, -0.1) is 11.3 Å². The van der Waals surface area contributed by atoms with E-state index in [0.717, 1.165) is 0 Å². The molecule has 0 fully saturated rings. The molecule has 1 heterocycles. The van der Waals surface area contributed by atoms with Gasteiger partial charge in [-0.05, 0) is 18.2 Å². The van der Waals surface area contributed by atoms with E-state index in [9.17, 15) is 9.59 Å². The van der Waals surface area contributed by atoms with Crippen molar-refractivity contribution in [2.45, 2.75) is 6.54 Å². The van der Waals surface area contributed by atoms with E-state index >= 15 is 0 Å². The number of primary amides is 1. The monoisotopic (exact) mass is 310 g/mol. The number of nitrogens with one attached hydrogen (secondary N) is 1. The second-order valence-corrected chi connectivity index (χ2v) is 5.19. The molecule has 8 heteroatoms. The van der Waals surface area contributed by atoms with Gasteiger partial charge in [0.05, 0.1) is 10.6 Å². The van der Waals surface area contributed by atoms with Crippen molar-refractivity contribution in [2.75, 3.05) is 5.32 Å². The number of carbonyl (C=O) groups is 2. The summed E-state index contributed by atoms with van der Waals surface area (Å²) in [5.41, 5.74) is 11.4. The predicted octanol–water partition coefficient (Wildman–Crippen LogP) is 1.61. The maximum Gasteiger partial charge on any atom is 0.275 e. The van der Waals surface area contributed by atoms with Gasteiger partial charge in [0.1, 0.15) is 10.7 Å². The van der Waals surface area contributed by atoms with Gasteiger partial charge in [0.25, 0.3) is 5.91 Å². The fourth-order valence-corrected chi connectivity index (χ4v) is 2.36. The highest BCUT2D eigenvalue weighted by atomic mass is 35.5. The number of benzene rings is 1. The second-order valence-electron chi connectivity index (χ2n) is 3.84. The third-order valence-corrected chi connectivity index (χ3v) is 3.65. The number of amides is 2. The van der Waals surface area contributed by atoms with Crippen molar-refractivity contribution in [3.05, 3.63) is 44.9 Å². The van der Waals surface area contributed by atoms with Gasteiger partial charge < -0.3 is 16.8 Å². The third-order valence-electron chi connectivity index (χ3n) is 2.45. The normalized spacial score (nSPS) is 10.3. The molecule has 0 saturated carbocycles. The molecule has 0 aliphatic rings. The van der Waals surface area contributed by atoms with Crippen LogP contribution < -0.4 is 16.8 Å². The van der Waals surface area contributed by atoms with Crippen LogP contribution in [0.2, 0.25) is 5.02 Å². The largest absolute Gasteiger partial charge is 0.366 e. The number of nitrogens with two attached hydrogens (primary N) is 2. The zero-order chi connectivity index (χ0) is 14.7. The van der Waals surface area contributed by atoms with Gasteiger partial charge in [-0.1, -0.05) is 11.6 Å². The molecule has 6 nitrogen and oxygen atoms in total. The molecule has 104 valence electrons. The number of carbonyl (C=O) groups excluding carboxylic acids is 2. The molecular weight excluding hydrogens is 300 g/mol. The van der Waals surface area contributed by atoms with Crippen molar-refractivity contribution in [3.8, 4) is 0 Å². The molecule has 20 heavy (non-hydrogen) atoms. The number of anilines is 1. The van der Waals surface area contributed by atoms with E-state index < -0.39 is 11.8 Å². The smallest absolute Gasteiger partial charge is 0.275 e. The topological polar surface area (TPSA) is 111 Å². The number of thiazole rings is 1. The molecule has 0 spiro atoms. The fourth-order valence-electron chi connectivity index (χ4n) is 1.50. The van der Waals surface area contributed by atoms with Gasteiger partial charge in [0.2, 0.25) is 5.91 Å². The average molecular weight is 311 g/mol. The first-order valence-corrected chi connectivity index (χ1v) is 6.82. The SMILES string of the molecule is NCc1nc(C(=O)Nc2ccc(Cl)c(C(N)=O)c2)cs1. The summed E-state index contributed by atoms with van der Waals surface area (Å²) < 4.78 is 0. The Morgan fingerprint density at radius 1 is 1.40 bits per heavy atom. The summed E-state index contributed by atoms with van der Waals surface area (Å²) >= 11 is 7.14.